The molecule has 2 unspecified atom stereocenters. The number of halogens is 6. The molecule has 0 spiro atoms. The number of hydrogen-bond donors (Lipinski definition) is 2. The van der Waals surface area contributed by atoms with E-state index in [9.17, 15) is 26.3 Å². The Hall–Kier alpha value is -0.540. The SMILES string of the molecule is CC(N)C(CO)OC(C(F)(F)F)C(F)(F)F. The lowest BCUT2D eigenvalue weighted by atomic mass is 10.2. The number of aliphatic hydroxyl groups excluding tert-OH is 1. The molecule has 0 amide bonds. The van der Waals surface area contributed by atoms with Gasteiger partial charge in [0.05, 0.1) is 12.7 Å². The summed E-state index contributed by atoms with van der Waals surface area (Å²) < 4.78 is 75.8. The van der Waals surface area contributed by atoms with Crippen LogP contribution in [-0.2, 0) is 4.74 Å². The molecule has 0 aliphatic rings. The summed E-state index contributed by atoms with van der Waals surface area (Å²) in [5.41, 5.74) is 5.06. The number of rotatable bonds is 4. The molecule has 0 heterocycles. The molecule has 98 valence electrons. The zero-order valence-electron chi connectivity index (χ0n) is 8.14. The fraction of sp³-hybridized carbons (Fsp3) is 1.00. The Morgan fingerprint density at radius 1 is 1.12 bits per heavy atom. The number of alkyl halides is 6. The Balaban J connectivity index is 4.82. The highest BCUT2D eigenvalue weighted by molar-refractivity contribution is 4.80. The molecule has 0 saturated carbocycles. The van der Waals surface area contributed by atoms with E-state index >= 15 is 0 Å². The minimum atomic E-state index is -5.60. The predicted octanol–water partition coefficient (Wildman–Crippen LogP) is 1.20. The van der Waals surface area contributed by atoms with Gasteiger partial charge in [0.25, 0.3) is 0 Å². The first kappa shape index (κ1) is 15.5. The molecule has 0 aliphatic heterocycles. The largest absolute Gasteiger partial charge is 0.423 e. The first-order chi connectivity index (χ1) is 7.00. The van der Waals surface area contributed by atoms with Crippen LogP contribution in [0, 0.1) is 0 Å². The summed E-state index contributed by atoms with van der Waals surface area (Å²) in [4.78, 5) is 0. The monoisotopic (exact) mass is 255 g/mol. The van der Waals surface area contributed by atoms with E-state index in [4.69, 9.17) is 10.8 Å². The molecule has 0 aromatic heterocycles. The normalized spacial score (nSPS) is 17.6. The molecule has 0 rings (SSSR count). The maximum atomic E-state index is 12.0. The third-order valence-electron chi connectivity index (χ3n) is 1.67. The van der Waals surface area contributed by atoms with Gasteiger partial charge < -0.3 is 15.6 Å². The lowest BCUT2D eigenvalue weighted by molar-refractivity contribution is -0.333. The van der Waals surface area contributed by atoms with Gasteiger partial charge in [-0.05, 0) is 6.92 Å². The van der Waals surface area contributed by atoms with Crippen molar-refractivity contribution in [3.63, 3.8) is 0 Å². The van der Waals surface area contributed by atoms with Gasteiger partial charge in [0, 0.05) is 6.04 Å². The average molecular weight is 255 g/mol. The van der Waals surface area contributed by atoms with Crippen LogP contribution in [-0.4, -0.2) is 42.3 Å². The van der Waals surface area contributed by atoms with E-state index in [1.165, 1.54) is 0 Å². The van der Waals surface area contributed by atoms with Gasteiger partial charge in [-0.2, -0.15) is 26.3 Å². The number of hydrogen-bond acceptors (Lipinski definition) is 3. The van der Waals surface area contributed by atoms with Gasteiger partial charge in [0.15, 0.2) is 0 Å². The zero-order chi connectivity index (χ0) is 13.1. The van der Waals surface area contributed by atoms with E-state index in [2.05, 4.69) is 4.74 Å². The van der Waals surface area contributed by atoms with Crippen LogP contribution in [0.5, 0.6) is 0 Å². The predicted molar refractivity (Wildman–Crippen MR) is 41.5 cm³/mol. The lowest BCUT2D eigenvalue weighted by Crippen LogP contribution is -2.50. The second kappa shape index (κ2) is 5.19. The minimum absolute atomic E-state index is 1.03. The minimum Gasteiger partial charge on any atom is -0.394 e. The van der Waals surface area contributed by atoms with Crippen LogP contribution in [0.1, 0.15) is 6.92 Å². The summed E-state index contributed by atoms with van der Waals surface area (Å²) >= 11 is 0. The standard InChI is InChI=1S/C7H11F6NO2/c1-3(14)4(2-15)16-5(6(8,9)10)7(11,12)13/h3-5,15H,2,14H2,1H3. The molecule has 3 N–H and O–H groups in total. The summed E-state index contributed by atoms with van der Waals surface area (Å²) in [7, 11) is 0. The van der Waals surface area contributed by atoms with Crippen LogP contribution < -0.4 is 5.73 Å². The Kier molecular flexibility index (Phi) is 5.02. The number of aliphatic hydroxyl groups is 1. The van der Waals surface area contributed by atoms with Crippen molar-refractivity contribution in [3.8, 4) is 0 Å². The van der Waals surface area contributed by atoms with Crippen molar-refractivity contribution in [1.29, 1.82) is 0 Å². The summed E-state index contributed by atoms with van der Waals surface area (Å²) in [6, 6.07) is -1.16. The quantitative estimate of drug-likeness (QED) is 0.742. The second-order valence-electron chi connectivity index (χ2n) is 3.18. The van der Waals surface area contributed by atoms with Crippen molar-refractivity contribution >= 4 is 0 Å². The summed E-state index contributed by atoms with van der Waals surface area (Å²) in [6.45, 7) is 0.102. The Labute approximate surface area is 87.2 Å². The fourth-order valence-electron chi connectivity index (χ4n) is 0.848. The zero-order valence-corrected chi connectivity index (χ0v) is 8.14. The second-order valence-corrected chi connectivity index (χ2v) is 3.18. The van der Waals surface area contributed by atoms with Crippen molar-refractivity contribution in [1.82, 2.24) is 0 Å². The molecular formula is C7H11F6NO2. The van der Waals surface area contributed by atoms with Crippen LogP contribution in [0.2, 0.25) is 0 Å². The van der Waals surface area contributed by atoms with E-state index in [0.29, 0.717) is 0 Å². The van der Waals surface area contributed by atoms with Crippen LogP contribution in [0.25, 0.3) is 0 Å². The highest BCUT2D eigenvalue weighted by atomic mass is 19.4. The van der Waals surface area contributed by atoms with Crippen LogP contribution >= 0.6 is 0 Å². The Bertz CT molecular complexity index is 200. The third-order valence-corrected chi connectivity index (χ3v) is 1.67. The molecule has 0 aliphatic carbocycles. The topological polar surface area (TPSA) is 55.5 Å². The molecule has 16 heavy (non-hydrogen) atoms. The molecule has 0 aromatic rings. The molecule has 0 bridgehead atoms. The van der Waals surface area contributed by atoms with Gasteiger partial charge in [-0.25, -0.2) is 0 Å². The molecule has 9 heteroatoms. The van der Waals surface area contributed by atoms with Gasteiger partial charge in [-0.15, -0.1) is 0 Å². The van der Waals surface area contributed by atoms with E-state index in [1.54, 1.807) is 0 Å². The fourth-order valence-corrected chi connectivity index (χ4v) is 0.848. The smallest absolute Gasteiger partial charge is 0.394 e. The number of ether oxygens (including phenoxy) is 1. The molecular weight excluding hydrogens is 244 g/mol. The molecule has 3 nitrogen and oxygen atoms in total. The Morgan fingerprint density at radius 2 is 1.50 bits per heavy atom. The molecule has 0 saturated heterocycles. The molecule has 2 atom stereocenters. The van der Waals surface area contributed by atoms with Gasteiger partial charge in [0.1, 0.15) is 0 Å². The van der Waals surface area contributed by atoms with Crippen molar-refractivity contribution < 1.29 is 36.2 Å². The van der Waals surface area contributed by atoms with Crippen molar-refractivity contribution in [3.05, 3.63) is 0 Å². The van der Waals surface area contributed by atoms with Gasteiger partial charge in [-0.1, -0.05) is 0 Å². The highest BCUT2D eigenvalue weighted by Gasteiger charge is 2.58. The third kappa shape index (κ3) is 4.54. The summed E-state index contributed by atoms with van der Waals surface area (Å²) in [5.74, 6) is 0. The maximum Gasteiger partial charge on any atom is 0.423 e. The summed E-state index contributed by atoms with van der Waals surface area (Å²) in [6.07, 6.45) is -16.9. The van der Waals surface area contributed by atoms with Gasteiger partial charge in [-0.3, -0.25) is 0 Å². The van der Waals surface area contributed by atoms with E-state index in [1.807, 2.05) is 0 Å². The molecule has 0 fully saturated rings. The first-order valence-electron chi connectivity index (χ1n) is 4.15. The van der Waals surface area contributed by atoms with Crippen molar-refractivity contribution in [2.75, 3.05) is 6.61 Å². The van der Waals surface area contributed by atoms with Crippen LogP contribution in [0.3, 0.4) is 0 Å². The maximum absolute atomic E-state index is 12.0. The average Bonchev–Trinajstić information content (AvgIpc) is 1.99. The molecule has 0 aromatic carbocycles. The summed E-state index contributed by atoms with van der Waals surface area (Å²) in [5, 5.41) is 8.54. The Morgan fingerprint density at radius 3 is 1.69 bits per heavy atom. The van der Waals surface area contributed by atoms with E-state index < -0.39 is 37.2 Å². The van der Waals surface area contributed by atoms with Crippen molar-refractivity contribution in [2.45, 2.75) is 37.5 Å². The molecule has 0 radical (unpaired) electrons. The van der Waals surface area contributed by atoms with Crippen molar-refractivity contribution in [2.24, 2.45) is 5.73 Å². The van der Waals surface area contributed by atoms with Crippen LogP contribution in [0.15, 0.2) is 0 Å². The van der Waals surface area contributed by atoms with Crippen LogP contribution in [0.4, 0.5) is 26.3 Å². The van der Waals surface area contributed by atoms with Gasteiger partial charge in [0.2, 0.25) is 6.10 Å². The van der Waals surface area contributed by atoms with E-state index in [-0.39, 0.29) is 0 Å². The first-order valence-corrected chi connectivity index (χ1v) is 4.15. The number of nitrogens with two attached hydrogens (primary N) is 1. The van der Waals surface area contributed by atoms with Gasteiger partial charge >= 0.3 is 12.4 Å². The van der Waals surface area contributed by atoms with E-state index in [0.717, 1.165) is 6.92 Å². The highest BCUT2D eigenvalue weighted by Crippen LogP contribution is 2.36. The lowest BCUT2D eigenvalue weighted by Gasteiger charge is -2.28.